The topological polar surface area (TPSA) is 79.9 Å². The highest BCUT2D eigenvalue weighted by Crippen LogP contribution is 2.50. The van der Waals surface area contributed by atoms with Crippen molar-refractivity contribution < 1.29 is 27.8 Å². The van der Waals surface area contributed by atoms with E-state index in [1.165, 1.54) is 6.07 Å². The summed E-state index contributed by atoms with van der Waals surface area (Å²) in [5, 5.41) is 5.49. The summed E-state index contributed by atoms with van der Waals surface area (Å²) < 4.78 is 37.5. The first-order valence-corrected chi connectivity index (χ1v) is 11.3. The fraction of sp³-hybridized carbons (Fsp3) is 0.440. The van der Waals surface area contributed by atoms with Gasteiger partial charge in [-0.25, -0.2) is 13.6 Å². The summed E-state index contributed by atoms with van der Waals surface area (Å²) in [4.78, 5) is 26.9. The number of benzene rings is 2. The zero-order valence-electron chi connectivity index (χ0n) is 19.5. The maximum absolute atomic E-state index is 13.5. The zero-order valence-corrected chi connectivity index (χ0v) is 19.5. The lowest BCUT2D eigenvalue weighted by molar-refractivity contribution is -0.130. The van der Waals surface area contributed by atoms with Crippen LogP contribution in [0, 0.1) is 11.6 Å². The third kappa shape index (κ3) is 4.38. The van der Waals surface area contributed by atoms with E-state index in [4.69, 9.17) is 9.47 Å². The van der Waals surface area contributed by atoms with Crippen molar-refractivity contribution >= 4 is 17.6 Å². The summed E-state index contributed by atoms with van der Waals surface area (Å²) >= 11 is 0. The van der Waals surface area contributed by atoms with Gasteiger partial charge in [0.1, 0.15) is 0 Å². The highest BCUT2D eigenvalue weighted by molar-refractivity contribution is 5.89. The fourth-order valence-electron chi connectivity index (χ4n) is 5.47. The first-order chi connectivity index (χ1) is 16.3. The zero-order chi connectivity index (χ0) is 24.5. The standard InChI is InChI=1S/C25H29F2N3O4/c1-15(31)30-11-10-25(16-4-7-21(33-2)22(12-16)34-3)9-8-18(14-23(25)30)29-24(32)28-17-5-6-19(26)20(27)13-17/h4-7,12-13,18,23H,8-11,14H2,1-3H3,(H2,28,29,32). The Bertz CT molecular complexity index is 1100. The molecule has 34 heavy (non-hydrogen) atoms. The molecule has 3 atom stereocenters. The number of anilines is 1. The summed E-state index contributed by atoms with van der Waals surface area (Å²) in [6.45, 7) is 2.21. The first kappa shape index (κ1) is 23.8. The molecule has 2 aromatic rings. The number of hydrogen-bond acceptors (Lipinski definition) is 4. The number of fused-ring (bicyclic) bond motifs is 1. The molecule has 2 fully saturated rings. The predicted octanol–water partition coefficient (Wildman–Crippen LogP) is 4.21. The number of urea groups is 1. The molecule has 0 spiro atoms. The minimum atomic E-state index is -1.03. The van der Waals surface area contributed by atoms with Crippen molar-refractivity contribution in [3.63, 3.8) is 0 Å². The van der Waals surface area contributed by atoms with E-state index in [2.05, 4.69) is 10.6 Å². The molecule has 1 saturated carbocycles. The van der Waals surface area contributed by atoms with Crippen LogP contribution in [0.2, 0.25) is 0 Å². The number of ether oxygens (including phenoxy) is 2. The predicted molar refractivity (Wildman–Crippen MR) is 123 cm³/mol. The molecule has 1 saturated heterocycles. The van der Waals surface area contributed by atoms with Crippen LogP contribution >= 0.6 is 0 Å². The van der Waals surface area contributed by atoms with Gasteiger partial charge in [0.05, 0.1) is 14.2 Å². The Morgan fingerprint density at radius 3 is 2.47 bits per heavy atom. The van der Waals surface area contributed by atoms with E-state index in [1.807, 2.05) is 23.1 Å². The highest BCUT2D eigenvalue weighted by atomic mass is 19.2. The van der Waals surface area contributed by atoms with Crippen LogP contribution in [0.15, 0.2) is 36.4 Å². The number of methoxy groups -OCH3 is 2. The summed E-state index contributed by atoms with van der Waals surface area (Å²) in [5.74, 6) is -0.724. The third-order valence-corrected chi connectivity index (χ3v) is 7.14. The second kappa shape index (κ2) is 9.48. The molecular weight excluding hydrogens is 444 g/mol. The van der Waals surface area contributed by atoms with Gasteiger partial charge in [-0.1, -0.05) is 6.07 Å². The molecule has 0 radical (unpaired) electrons. The molecule has 4 rings (SSSR count). The number of amides is 3. The largest absolute Gasteiger partial charge is 0.493 e. The number of nitrogens with zero attached hydrogens (tertiary/aromatic N) is 1. The summed E-state index contributed by atoms with van der Waals surface area (Å²) in [7, 11) is 3.19. The number of halogens is 2. The van der Waals surface area contributed by atoms with Crippen LogP contribution in [0.3, 0.4) is 0 Å². The highest BCUT2D eigenvalue weighted by Gasteiger charge is 2.52. The van der Waals surface area contributed by atoms with E-state index in [-0.39, 0.29) is 29.1 Å². The van der Waals surface area contributed by atoms with Crippen molar-refractivity contribution in [2.75, 3.05) is 26.1 Å². The normalized spacial score (nSPS) is 23.7. The Hall–Kier alpha value is -3.36. The van der Waals surface area contributed by atoms with E-state index in [0.717, 1.165) is 30.5 Å². The van der Waals surface area contributed by atoms with Gasteiger partial charge in [0, 0.05) is 42.7 Å². The molecule has 1 aliphatic heterocycles. The Morgan fingerprint density at radius 2 is 1.79 bits per heavy atom. The minimum absolute atomic E-state index is 0.000703. The minimum Gasteiger partial charge on any atom is -0.493 e. The molecule has 0 bridgehead atoms. The molecule has 0 aromatic heterocycles. The summed E-state index contributed by atoms with van der Waals surface area (Å²) in [5.41, 5.74) is 1.00. The quantitative estimate of drug-likeness (QED) is 0.682. The number of hydrogen-bond donors (Lipinski definition) is 2. The van der Waals surface area contributed by atoms with Crippen molar-refractivity contribution in [3.05, 3.63) is 53.6 Å². The van der Waals surface area contributed by atoms with Crippen molar-refractivity contribution in [1.82, 2.24) is 10.2 Å². The number of carbonyl (C=O) groups is 2. The molecule has 2 N–H and O–H groups in total. The molecule has 2 aliphatic rings. The van der Waals surface area contributed by atoms with Gasteiger partial charge in [0.15, 0.2) is 23.1 Å². The molecule has 9 heteroatoms. The van der Waals surface area contributed by atoms with Crippen LogP contribution in [0.25, 0.3) is 0 Å². The average molecular weight is 474 g/mol. The van der Waals surface area contributed by atoms with Gasteiger partial charge in [0.2, 0.25) is 5.91 Å². The Kier molecular flexibility index (Phi) is 6.63. The van der Waals surface area contributed by atoms with E-state index in [1.54, 1.807) is 21.1 Å². The number of rotatable bonds is 5. The fourth-order valence-corrected chi connectivity index (χ4v) is 5.47. The van der Waals surface area contributed by atoms with Crippen LogP contribution < -0.4 is 20.1 Å². The molecule has 2 aromatic carbocycles. The molecule has 1 aliphatic carbocycles. The second-order valence-electron chi connectivity index (χ2n) is 8.90. The Labute approximate surface area is 197 Å². The van der Waals surface area contributed by atoms with Gasteiger partial charge in [0.25, 0.3) is 0 Å². The van der Waals surface area contributed by atoms with E-state index in [0.29, 0.717) is 30.9 Å². The number of carbonyl (C=O) groups excluding carboxylic acids is 2. The molecule has 3 amide bonds. The smallest absolute Gasteiger partial charge is 0.319 e. The van der Waals surface area contributed by atoms with Crippen molar-refractivity contribution in [1.29, 1.82) is 0 Å². The van der Waals surface area contributed by atoms with E-state index >= 15 is 0 Å². The first-order valence-electron chi connectivity index (χ1n) is 11.3. The Morgan fingerprint density at radius 1 is 1.03 bits per heavy atom. The van der Waals surface area contributed by atoms with Gasteiger partial charge in [-0.15, -0.1) is 0 Å². The van der Waals surface area contributed by atoms with Crippen LogP contribution in [0.5, 0.6) is 11.5 Å². The SMILES string of the molecule is COc1ccc(C23CCC(NC(=O)Nc4ccc(F)c(F)c4)CC2N(C(C)=O)CC3)cc1OC. The van der Waals surface area contributed by atoms with Crippen molar-refractivity contribution in [2.24, 2.45) is 0 Å². The molecule has 1 heterocycles. The van der Waals surface area contributed by atoms with Crippen LogP contribution in [0.4, 0.5) is 19.3 Å². The second-order valence-corrected chi connectivity index (χ2v) is 8.90. The maximum Gasteiger partial charge on any atom is 0.319 e. The lowest BCUT2D eigenvalue weighted by atomic mass is 9.65. The lowest BCUT2D eigenvalue weighted by Gasteiger charge is -2.45. The van der Waals surface area contributed by atoms with Crippen LogP contribution in [-0.4, -0.2) is 49.7 Å². The van der Waals surface area contributed by atoms with E-state index < -0.39 is 17.7 Å². The third-order valence-electron chi connectivity index (χ3n) is 7.14. The lowest BCUT2D eigenvalue weighted by Crippen LogP contribution is -2.53. The van der Waals surface area contributed by atoms with Gasteiger partial charge < -0.3 is 25.0 Å². The number of nitrogens with one attached hydrogen (secondary N) is 2. The van der Waals surface area contributed by atoms with E-state index in [9.17, 15) is 18.4 Å². The van der Waals surface area contributed by atoms with Crippen LogP contribution in [0.1, 0.15) is 38.2 Å². The van der Waals surface area contributed by atoms with Gasteiger partial charge >= 0.3 is 6.03 Å². The van der Waals surface area contributed by atoms with Crippen molar-refractivity contribution in [2.45, 2.75) is 50.1 Å². The molecule has 7 nitrogen and oxygen atoms in total. The average Bonchev–Trinajstić information content (AvgIpc) is 3.21. The summed E-state index contributed by atoms with van der Waals surface area (Å²) in [6.07, 6.45) is 2.88. The number of likely N-dealkylation sites (tertiary alicyclic amines) is 1. The monoisotopic (exact) mass is 473 g/mol. The van der Waals surface area contributed by atoms with Crippen LogP contribution in [-0.2, 0) is 10.2 Å². The summed E-state index contributed by atoms with van der Waals surface area (Å²) in [6, 6.07) is 8.33. The molecule has 3 unspecified atom stereocenters. The Balaban J connectivity index is 1.53. The molecular formula is C25H29F2N3O4. The van der Waals surface area contributed by atoms with Crippen molar-refractivity contribution in [3.8, 4) is 11.5 Å². The molecule has 182 valence electrons. The maximum atomic E-state index is 13.5. The van der Waals surface area contributed by atoms with Gasteiger partial charge in [-0.05, 0) is 55.5 Å². The van der Waals surface area contributed by atoms with Gasteiger partial charge in [-0.3, -0.25) is 4.79 Å². The van der Waals surface area contributed by atoms with Gasteiger partial charge in [-0.2, -0.15) is 0 Å².